The van der Waals surface area contributed by atoms with E-state index in [4.69, 9.17) is 0 Å². The molecule has 2 bridgehead atoms. The molecule has 0 spiro atoms. The Bertz CT molecular complexity index is 263. The molecular formula is C13H21NO. The van der Waals surface area contributed by atoms with Gasteiger partial charge in [0, 0.05) is 31.5 Å². The van der Waals surface area contributed by atoms with Gasteiger partial charge in [-0.3, -0.25) is 9.69 Å². The van der Waals surface area contributed by atoms with Gasteiger partial charge >= 0.3 is 0 Å². The van der Waals surface area contributed by atoms with Crippen LogP contribution in [-0.4, -0.2) is 29.8 Å². The summed E-state index contributed by atoms with van der Waals surface area (Å²) in [6.07, 6.45) is 8.69. The highest BCUT2D eigenvalue weighted by atomic mass is 16.1. The minimum Gasteiger partial charge on any atom is -0.299 e. The molecule has 1 saturated heterocycles. The average Bonchev–Trinajstić information content (AvgIpc) is 2.83. The maximum absolute atomic E-state index is 11.8. The zero-order chi connectivity index (χ0) is 10.3. The summed E-state index contributed by atoms with van der Waals surface area (Å²) in [6.45, 7) is 2.37. The third-order valence-corrected chi connectivity index (χ3v) is 4.66. The summed E-state index contributed by atoms with van der Waals surface area (Å²) in [6, 6.07) is 0.838. The summed E-state index contributed by atoms with van der Waals surface area (Å²) in [5.74, 6) is 1.90. The van der Waals surface area contributed by atoms with E-state index in [1.807, 2.05) is 0 Å². The normalized spacial score (nSPS) is 41.3. The molecule has 15 heavy (non-hydrogen) atoms. The number of likely N-dealkylation sites (tertiary alicyclic amines) is 1. The highest BCUT2D eigenvalue weighted by Gasteiger charge is 2.39. The van der Waals surface area contributed by atoms with E-state index >= 15 is 0 Å². The summed E-state index contributed by atoms with van der Waals surface area (Å²) >= 11 is 0. The van der Waals surface area contributed by atoms with Gasteiger partial charge in [0.2, 0.25) is 0 Å². The number of carbonyl (C=O) groups excluding carboxylic acids is 1. The fraction of sp³-hybridized carbons (Fsp3) is 0.923. The van der Waals surface area contributed by atoms with Gasteiger partial charge in [-0.15, -0.1) is 0 Å². The second-order valence-corrected chi connectivity index (χ2v) is 5.70. The van der Waals surface area contributed by atoms with Crippen molar-refractivity contribution in [2.75, 3.05) is 13.1 Å². The van der Waals surface area contributed by atoms with E-state index in [0.717, 1.165) is 37.8 Å². The smallest absolute Gasteiger partial charge is 0.137 e. The molecule has 0 aromatic heterocycles. The Morgan fingerprint density at radius 3 is 2.80 bits per heavy atom. The van der Waals surface area contributed by atoms with E-state index in [-0.39, 0.29) is 0 Å². The zero-order valence-electron chi connectivity index (χ0n) is 9.45. The van der Waals surface area contributed by atoms with Crippen LogP contribution in [0.3, 0.4) is 0 Å². The Balaban J connectivity index is 1.58. The SMILES string of the molecule is O=C1CCCCC1CN1CC2CCC1C2. The molecule has 3 rings (SSSR count). The van der Waals surface area contributed by atoms with E-state index < -0.39 is 0 Å². The Morgan fingerprint density at radius 2 is 2.13 bits per heavy atom. The fourth-order valence-corrected chi connectivity index (χ4v) is 3.78. The van der Waals surface area contributed by atoms with E-state index in [9.17, 15) is 4.79 Å². The zero-order valence-corrected chi connectivity index (χ0v) is 9.45. The van der Waals surface area contributed by atoms with Crippen molar-refractivity contribution in [3.8, 4) is 0 Å². The fourth-order valence-electron chi connectivity index (χ4n) is 3.78. The summed E-state index contributed by atoms with van der Waals surface area (Å²) in [5.41, 5.74) is 0. The Kier molecular flexibility index (Phi) is 2.55. The van der Waals surface area contributed by atoms with E-state index in [1.54, 1.807) is 0 Å². The van der Waals surface area contributed by atoms with Crippen molar-refractivity contribution < 1.29 is 4.79 Å². The number of ketones is 1. The van der Waals surface area contributed by atoms with Crippen LogP contribution >= 0.6 is 0 Å². The van der Waals surface area contributed by atoms with Crippen LogP contribution in [0.4, 0.5) is 0 Å². The molecule has 84 valence electrons. The topological polar surface area (TPSA) is 20.3 Å². The number of piperidine rings is 1. The van der Waals surface area contributed by atoms with Crippen molar-refractivity contribution in [2.24, 2.45) is 11.8 Å². The number of carbonyl (C=O) groups is 1. The summed E-state index contributed by atoms with van der Waals surface area (Å²) < 4.78 is 0. The molecule has 2 aliphatic carbocycles. The standard InChI is InChI=1S/C13H21NO/c15-13-4-2-1-3-11(13)9-14-8-10-5-6-12(14)7-10/h10-12H,1-9H2. The van der Waals surface area contributed by atoms with Crippen LogP contribution in [-0.2, 0) is 4.79 Å². The summed E-state index contributed by atoms with van der Waals surface area (Å²) in [5, 5.41) is 0. The lowest BCUT2D eigenvalue weighted by Crippen LogP contribution is -2.39. The number of fused-ring (bicyclic) bond motifs is 2. The van der Waals surface area contributed by atoms with Crippen LogP contribution in [0.5, 0.6) is 0 Å². The molecule has 0 aromatic rings. The third kappa shape index (κ3) is 1.84. The molecule has 0 aromatic carbocycles. The maximum Gasteiger partial charge on any atom is 0.137 e. The monoisotopic (exact) mass is 207 g/mol. The first-order chi connectivity index (χ1) is 7.33. The molecule has 3 fully saturated rings. The lowest BCUT2D eigenvalue weighted by Gasteiger charge is -2.31. The van der Waals surface area contributed by atoms with Gasteiger partial charge in [-0.05, 0) is 38.0 Å². The van der Waals surface area contributed by atoms with Crippen LogP contribution in [0, 0.1) is 11.8 Å². The molecule has 3 aliphatic rings. The van der Waals surface area contributed by atoms with Crippen molar-refractivity contribution in [1.29, 1.82) is 0 Å². The summed E-state index contributed by atoms with van der Waals surface area (Å²) in [7, 11) is 0. The molecule has 2 saturated carbocycles. The molecule has 0 amide bonds. The minimum atomic E-state index is 0.387. The van der Waals surface area contributed by atoms with Crippen molar-refractivity contribution in [3.05, 3.63) is 0 Å². The first-order valence-electron chi connectivity index (χ1n) is 6.59. The number of nitrogens with zero attached hydrogens (tertiary/aromatic N) is 1. The van der Waals surface area contributed by atoms with Gasteiger partial charge in [0.1, 0.15) is 5.78 Å². The minimum absolute atomic E-state index is 0.387. The van der Waals surface area contributed by atoms with Gasteiger partial charge in [0.25, 0.3) is 0 Å². The molecule has 0 N–H and O–H groups in total. The number of hydrogen-bond acceptors (Lipinski definition) is 2. The van der Waals surface area contributed by atoms with Crippen molar-refractivity contribution >= 4 is 5.78 Å². The maximum atomic E-state index is 11.8. The first-order valence-corrected chi connectivity index (χ1v) is 6.59. The quantitative estimate of drug-likeness (QED) is 0.692. The Hall–Kier alpha value is -0.370. The highest BCUT2D eigenvalue weighted by Crippen LogP contribution is 2.38. The third-order valence-electron chi connectivity index (χ3n) is 4.66. The van der Waals surface area contributed by atoms with E-state index in [2.05, 4.69) is 4.90 Å². The average molecular weight is 207 g/mol. The van der Waals surface area contributed by atoms with Crippen molar-refractivity contribution in [3.63, 3.8) is 0 Å². The van der Waals surface area contributed by atoms with Crippen LogP contribution < -0.4 is 0 Å². The van der Waals surface area contributed by atoms with Gasteiger partial charge in [-0.1, -0.05) is 6.42 Å². The first kappa shape index (κ1) is 9.83. The molecule has 3 atom stereocenters. The summed E-state index contributed by atoms with van der Waals surface area (Å²) in [4.78, 5) is 14.4. The lowest BCUT2D eigenvalue weighted by molar-refractivity contribution is -0.125. The molecule has 1 heterocycles. The van der Waals surface area contributed by atoms with Gasteiger partial charge in [-0.2, -0.15) is 0 Å². The van der Waals surface area contributed by atoms with Crippen LogP contribution in [0.25, 0.3) is 0 Å². The van der Waals surface area contributed by atoms with E-state index in [1.165, 1.54) is 32.2 Å². The predicted octanol–water partition coefficient (Wildman–Crippen LogP) is 2.23. The Labute approximate surface area is 92.0 Å². The highest BCUT2D eigenvalue weighted by molar-refractivity contribution is 5.81. The van der Waals surface area contributed by atoms with Gasteiger partial charge < -0.3 is 0 Å². The van der Waals surface area contributed by atoms with Crippen molar-refractivity contribution in [1.82, 2.24) is 4.90 Å². The van der Waals surface area contributed by atoms with Gasteiger partial charge in [-0.25, -0.2) is 0 Å². The molecule has 3 unspecified atom stereocenters. The molecule has 1 aliphatic heterocycles. The van der Waals surface area contributed by atoms with Crippen LogP contribution in [0.1, 0.15) is 44.9 Å². The van der Waals surface area contributed by atoms with Gasteiger partial charge in [0.05, 0.1) is 0 Å². The number of Topliss-reactive ketones (excluding diaryl/α,β-unsaturated/α-hetero) is 1. The number of hydrogen-bond donors (Lipinski definition) is 0. The largest absolute Gasteiger partial charge is 0.299 e. The molecule has 2 nitrogen and oxygen atoms in total. The molecular weight excluding hydrogens is 186 g/mol. The second-order valence-electron chi connectivity index (χ2n) is 5.70. The molecule has 2 heteroatoms. The predicted molar refractivity (Wildman–Crippen MR) is 59.7 cm³/mol. The lowest BCUT2D eigenvalue weighted by atomic mass is 9.87. The Morgan fingerprint density at radius 1 is 1.20 bits per heavy atom. The number of rotatable bonds is 2. The molecule has 0 radical (unpaired) electrons. The van der Waals surface area contributed by atoms with Crippen molar-refractivity contribution in [2.45, 2.75) is 51.0 Å². The second kappa shape index (κ2) is 3.89. The van der Waals surface area contributed by atoms with Crippen LogP contribution in [0.15, 0.2) is 0 Å². The van der Waals surface area contributed by atoms with Crippen LogP contribution in [0.2, 0.25) is 0 Å². The van der Waals surface area contributed by atoms with E-state index in [0.29, 0.717) is 11.7 Å². The van der Waals surface area contributed by atoms with Gasteiger partial charge in [0.15, 0.2) is 0 Å².